The fourth-order valence-electron chi connectivity index (χ4n) is 3.62. The van der Waals surface area contributed by atoms with Crippen LogP contribution in [-0.4, -0.2) is 47.3 Å². The number of hydrogen-bond donors (Lipinski definition) is 4. The molecule has 1 saturated heterocycles. The van der Waals surface area contributed by atoms with Gasteiger partial charge in [-0.05, 0) is 41.8 Å². The van der Waals surface area contributed by atoms with Crippen LogP contribution in [0.25, 0.3) is 16.6 Å². The van der Waals surface area contributed by atoms with E-state index in [0.29, 0.717) is 40.9 Å². The molecule has 2 aromatic heterocycles. The van der Waals surface area contributed by atoms with Crippen molar-refractivity contribution in [2.45, 2.75) is 18.9 Å². The van der Waals surface area contributed by atoms with Crippen molar-refractivity contribution in [3.63, 3.8) is 0 Å². The second-order valence-electron chi connectivity index (χ2n) is 7.30. The van der Waals surface area contributed by atoms with E-state index in [9.17, 15) is 9.18 Å². The third-order valence-corrected chi connectivity index (χ3v) is 5.15. The predicted octanol–water partition coefficient (Wildman–Crippen LogP) is 2.74. The molecule has 0 spiro atoms. The van der Waals surface area contributed by atoms with E-state index < -0.39 is 5.82 Å². The lowest BCUT2D eigenvalue weighted by atomic mass is 10.0. The molecule has 0 aliphatic carbocycles. The number of fused-ring (bicyclic) bond motifs is 1. The first-order valence-electron chi connectivity index (χ1n) is 9.97. The predicted molar refractivity (Wildman–Crippen MR) is 115 cm³/mol. The van der Waals surface area contributed by atoms with Gasteiger partial charge in [-0.2, -0.15) is 0 Å². The van der Waals surface area contributed by atoms with Gasteiger partial charge >= 0.3 is 0 Å². The van der Waals surface area contributed by atoms with Crippen molar-refractivity contribution in [1.82, 2.24) is 25.6 Å². The van der Waals surface area contributed by atoms with Gasteiger partial charge in [-0.1, -0.05) is 0 Å². The molecule has 8 nitrogen and oxygen atoms in total. The van der Waals surface area contributed by atoms with E-state index in [2.05, 4.69) is 25.6 Å². The van der Waals surface area contributed by atoms with Crippen LogP contribution in [0.3, 0.4) is 0 Å². The number of nitrogens with zero attached hydrogens (tertiary/aromatic N) is 2. The summed E-state index contributed by atoms with van der Waals surface area (Å²) in [5.74, 6) is 0.151. The molecule has 1 unspecified atom stereocenters. The van der Waals surface area contributed by atoms with Crippen LogP contribution in [0.4, 0.5) is 4.39 Å². The molecule has 0 saturated carbocycles. The van der Waals surface area contributed by atoms with Gasteiger partial charge in [0.05, 0.1) is 17.6 Å². The van der Waals surface area contributed by atoms with Crippen LogP contribution in [0.5, 0.6) is 0 Å². The zero-order valence-corrected chi connectivity index (χ0v) is 17.0. The molecule has 160 valence electrons. The number of hydrogen-bond acceptors (Lipinski definition) is 6. The number of H-pyrrole nitrogens is 1. The maximum Gasteiger partial charge on any atom is 0.272 e. The number of rotatable bonds is 7. The lowest BCUT2D eigenvalue weighted by Gasteiger charge is -2.09. The van der Waals surface area contributed by atoms with Gasteiger partial charge in [-0.25, -0.2) is 14.4 Å². The molecular formula is C22H23FN6O2. The molecule has 31 heavy (non-hydrogen) atoms. The Morgan fingerprint density at radius 1 is 1.42 bits per heavy atom. The Balaban J connectivity index is 1.54. The van der Waals surface area contributed by atoms with Crippen molar-refractivity contribution < 1.29 is 13.9 Å². The van der Waals surface area contributed by atoms with Crippen molar-refractivity contribution in [2.75, 3.05) is 20.3 Å². The smallest absolute Gasteiger partial charge is 0.272 e. The summed E-state index contributed by atoms with van der Waals surface area (Å²) in [6, 6.07) is 6.20. The fraction of sp³-hybridized carbons (Fsp3) is 0.273. The van der Waals surface area contributed by atoms with Gasteiger partial charge in [0.25, 0.3) is 5.91 Å². The summed E-state index contributed by atoms with van der Waals surface area (Å²) in [6.07, 6.45) is 5.19. The zero-order chi connectivity index (χ0) is 21.8. The molecule has 1 amide bonds. The number of benzene rings is 1. The van der Waals surface area contributed by atoms with Gasteiger partial charge in [0.1, 0.15) is 11.6 Å². The number of nitrogens with one attached hydrogen (secondary N) is 4. The molecule has 1 fully saturated rings. The zero-order valence-electron chi connectivity index (χ0n) is 17.0. The maximum atomic E-state index is 14.1. The van der Waals surface area contributed by atoms with E-state index in [1.165, 1.54) is 12.1 Å². The highest BCUT2D eigenvalue weighted by atomic mass is 19.1. The van der Waals surface area contributed by atoms with Crippen LogP contribution in [0, 0.1) is 11.2 Å². The topological polar surface area (TPSA) is 116 Å². The fourth-order valence-corrected chi connectivity index (χ4v) is 3.62. The highest BCUT2D eigenvalue weighted by molar-refractivity contribution is 6.08. The largest absolute Gasteiger partial charge is 0.393 e. The van der Waals surface area contributed by atoms with Crippen LogP contribution in [0.1, 0.15) is 39.8 Å². The lowest BCUT2D eigenvalue weighted by Crippen LogP contribution is -2.24. The molecule has 0 radical (unpaired) electrons. The number of carbonyl (C=O) groups is 1. The Hall–Kier alpha value is -3.59. The second-order valence-corrected chi connectivity index (χ2v) is 7.30. The first-order chi connectivity index (χ1) is 15.1. The van der Waals surface area contributed by atoms with Crippen molar-refractivity contribution in [2.24, 2.45) is 0 Å². The summed E-state index contributed by atoms with van der Waals surface area (Å²) < 4.78 is 19.5. The molecule has 3 heterocycles. The molecule has 1 aliphatic rings. The highest BCUT2D eigenvalue weighted by Gasteiger charge is 2.23. The van der Waals surface area contributed by atoms with Crippen molar-refractivity contribution in [1.29, 1.82) is 5.41 Å². The standard InChI is InChI=1S/C22H23FN6O2/c1-25-11-16(9-24)15-6-13(7-17(23)8-15)10-27-22(30)20-19-18(2-4-26-20)28-21(29-19)14-3-5-31-12-14/h2,4,6-9,11,14,24-25H,3,5,10,12H2,1H3,(H,27,30)(H,28,29)/b16-11+,24-9?. The Labute approximate surface area is 178 Å². The average molecular weight is 422 g/mol. The molecule has 3 aromatic rings. The quantitative estimate of drug-likeness (QED) is 0.437. The molecule has 4 N–H and O–H groups in total. The number of amides is 1. The first-order valence-corrected chi connectivity index (χ1v) is 9.97. The molecule has 1 atom stereocenters. The third-order valence-electron chi connectivity index (χ3n) is 5.15. The minimum Gasteiger partial charge on any atom is -0.393 e. The van der Waals surface area contributed by atoms with Gasteiger partial charge in [-0.15, -0.1) is 0 Å². The van der Waals surface area contributed by atoms with Crippen LogP contribution in [0.2, 0.25) is 0 Å². The monoisotopic (exact) mass is 422 g/mol. The van der Waals surface area contributed by atoms with Crippen LogP contribution in [-0.2, 0) is 11.3 Å². The number of aromatic nitrogens is 3. The Kier molecular flexibility index (Phi) is 6.03. The summed E-state index contributed by atoms with van der Waals surface area (Å²) in [7, 11) is 1.71. The molecule has 9 heteroatoms. The van der Waals surface area contributed by atoms with Gasteiger partial charge in [0.15, 0.2) is 5.69 Å². The molecular weight excluding hydrogens is 399 g/mol. The normalized spacial score (nSPS) is 16.5. The van der Waals surface area contributed by atoms with Crippen LogP contribution in [0.15, 0.2) is 36.7 Å². The van der Waals surface area contributed by atoms with E-state index in [4.69, 9.17) is 10.1 Å². The Bertz CT molecular complexity index is 1150. The maximum absolute atomic E-state index is 14.1. The molecule has 0 bridgehead atoms. The summed E-state index contributed by atoms with van der Waals surface area (Å²) in [6.45, 7) is 1.42. The Morgan fingerprint density at radius 3 is 3.03 bits per heavy atom. The summed E-state index contributed by atoms with van der Waals surface area (Å²) in [5, 5.41) is 13.1. The van der Waals surface area contributed by atoms with E-state index in [-0.39, 0.29) is 24.1 Å². The van der Waals surface area contributed by atoms with Crippen molar-refractivity contribution >= 4 is 28.7 Å². The van der Waals surface area contributed by atoms with Gasteiger partial charge < -0.3 is 25.8 Å². The van der Waals surface area contributed by atoms with E-state index >= 15 is 0 Å². The summed E-state index contributed by atoms with van der Waals surface area (Å²) in [4.78, 5) is 24.9. The molecule has 1 aromatic carbocycles. The van der Waals surface area contributed by atoms with E-state index in [0.717, 1.165) is 18.5 Å². The number of halogens is 1. The van der Waals surface area contributed by atoms with Crippen molar-refractivity contribution in [3.05, 3.63) is 65.1 Å². The van der Waals surface area contributed by atoms with Gasteiger partial charge in [0.2, 0.25) is 0 Å². The first kappa shape index (κ1) is 20.7. The number of pyridine rings is 1. The van der Waals surface area contributed by atoms with E-state index in [1.807, 2.05) is 0 Å². The minimum absolute atomic E-state index is 0.115. The number of allylic oxidation sites excluding steroid dienone is 1. The van der Waals surface area contributed by atoms with Crippen molar-refractivity contribution in [3.8, 4) is 0 Å². The Morgan fingerprint density at radius 2 is 2.29 bits per heavy atom. The molecule has 1 aliphatic heterocycles. The highest BCUT2D eigenvalue weighted by Crippen LogP contribution is 2.25. The summed E-state index contributed by atoms with van der Waals surface area (Å²) in [5.41, 5.74) is 3.13. The van der Waals surface area contributed by atoms with Gasteiger partial charge in [0, 0.05) is 50.3 Å². The lowest BCUT2D eigenvalue weighted by molar-refractivity contribution is 0.0947. The third kappa shape index (κ3) is 4.46. The number of carbonyl (C=O) groups excluding carboxylic acids is 1. The van der Waals surface area contributed by atoms with Crippen LogP contribution >= 0.6 is 0 Å². The molecule has 4 rings (SSSR count). The minimum atomic E-state index is -0.442. The number of imidazole rings is 1. The number of aromatic amines is 1. The van der Waals surface area contributed by atoms with Crippen LogP contribution < -0.4 is 10.6 Å². The number of ether oxygens (including phenoxy) is 1. The summed E-state index contributed by atoms with van der Waals surface area (Å²) >= 11 is 0. The average Bonchev–Trinajstić information content (AvgIpc) is 3.44. The second kappa shape index (κ2) is 9.05. The van der Waals surface area contributed by atoms with Gasteiger partial charge in [-0.3, -0.25) is 4.79 Å². The van der Waals surface area contributed by atoms with E-state index in [1.54, 1.807) is 31.6 Å². The SMILES string of the molecule is CN/C=C(\C=N)c1cc(F)cc(CNC(=O)c2nccc3nc(C4CCOC4)[nH]c23)c1.